The van der Waals surface area contributed by atoms with Crippen LogP contribution in [0.25, 0.3) is 17.3 Å². The van der Waals surface area contributed by atoms with Crippen LogP contribution in [0.15, 0.2) is 60.7 Å². The second-order valence-corrected chi connectivity index (χ2v) is 7.02. The molecule has 0 spiro atoms. The number of amides is 1. The largest absolute Gasteiger partial charge is 0.462 e. The summed E-state index contributed by atoms with van der Waals surface area (Å²) >= 11 is 0.989. The van der Waals surface area contributed by atoms with Gasteiger partial charge in [-0.2, -0.15) is 8.78 Å². The second-order valence-electron chi connectivity index (χ2n) is 6.02. The van der Waals surface area contributed by atoms with Crippen molar-refractivity contribution in [3.05, 3.63) is 71.1 Å². The van der Waals surface area contributed by atoms with Crippen LogP contribution in [0, 0.1) is 0 Å². The van der Waals surface area contributed by atoms with Gasteiger partial charge in [-0.3, -0.25) is 10.1 Å². The second kappa shape index (κ2) is 10.4. The van der Waals surface area contributed by atoms with Gasteiger partial charge in [-0.15, -0.1) is 0 Å². The number of ether oxygens (including phenoxy) is 2. The van der Waals surface area contributed by atoms with Gasteiger partial charge in [0.05, 0.1) is 12.3 Å². The van der Waals surface area contributed by atoms with Gasteiger partial charge in [-0.05, 0) is 19.1 Å². The molecule has 3 aromatic rings. The van der Waals surface area contributed by atoms with Gasteiger partial charge < -0.3 is 9.47 Å². The summed E-state index contributed by atoms with van der Waals surface area (Å²) in [5.74, 6) is -1.13. The maximum atomic E-state index is 12.5. The van der Waals surface area contributed by atoms with Crippen molar-refractivity contribution in [1.82, 2.24) is 4.98 Å². The quantitative estimate of drug-likeness (QED) is 0.380. The zero-order valence-electron chi connectivity index (χ0n) is 16.4. The fourth-order valence-electron chi connectivity index (χ4n) is 2.63. The van der Waals surface area contributed by atoms with Gasteiger partial charge in [0, 0.05) is 17.2 Å². The first kappa shape index (κ1) is 22.1. The molecular weight excluding hydrogens is 426 g/mol. The number of hydrogen-bond donors (Lipinski definition) is 1. The predicted octanol–water partition coefficient (Wildman–Crippen LogP) is 5.24. The lowest BCUT2D eigenvalue weighted by Crippen LogP contribution is -2.07. The highest BCUT2D eigenvalue weighted by Crippen LogP contribution is 2.32. The van der Waals surface area contributed by atoms with Crippen molar-refractivity contribution in [2.24, 2.45) is 0 Å². The predicted molar refractivity (Wildman–Crippen MR) is 114 cm³/mol. The highest BCUT2D eigenvalue weighted by molar-refractivity contribution is 7.18. The summed E-state index contributed by atoms with van der Waals surface area (Å²) in [6.45, 7) is -1.07. The fourth-order valence-corrected chi connectivity index (χ4v) is 3.52. The van der Waals surface area contributed by atoms with Crippen LogP contribution in [0.5, 0.6) is 5.75 Å². The number of carbonyl (C=O) groups is 2. The lowest BCUT2D eigenvalue weighted by atomic mass is 10.1. The molecule has 0 unspecified atom stereocenters. The van der Waals surface area contributed by atoms with Gasteiger partial charge in [-0.25, -0.2) is 9.78 Å². The monoisotopic (exact) mass is 444 g/mol. The molecule has 1 aromatic heterocycles. The van der Waals surface area contributed by atoms with Gasteiger partial charge in [0.15, 0.2) is 5.13 Å². The molecule has 1 heterocycles. The van der Waals surface area contributed by atoms with Crippen LogP contribution < -0.4 is 10.1 Å². The minimum absolute atomic E-state index is 0.0493. The van der Waals surface area contributed by atoms with E-state index in [9.17, 15) is 18.4 Å². The standard InChI is InChI=1S/C22H18F2N2O4S/c1-2-29-20(28)19-18(15-9-4-3-5-10-15)26-22(31-19)25-17(27)13-12-14-8-6-7-11-16(14)30-21(23)24/h3-13,21H,2H2,1H3,(H,25,26,27)/b13-12+. The lowest BCUT2D eigenvalue weighted by Gasteiger charge is -2.07. The third-order valence-electron chi connectivity index (χ3n) is 3.91. The van der Waals surface area contributed by atoms with E-state index in [-0.39, 0.29) is 22.4 Å². The molecule has 160 valence electrons. The minimum Gasteiger partial charge on any atom is -0.462 e. The Morgan fingerprint density at radius 2 is 1.84 bits per heavy atom. The Morgan fingerprint density at radius 3 is 2.55 bits per heavy atom. The van der Waals surface area contributed by atoms with Crippen LogP contribution in [0.4, 0.5) is 13.9 Å². The van der Waals surface area contributed by atoms with E-state index in [2.05, 4.69) is 15.0 Å². The summed E-state index contributed by atoms with van der Waals surface area (Å²) in [6.07, 6.45) is 2.52. The smallest absolute Gasteiger partial charge is 0.387 e. The molecule has 0 aliphatic heterocycles. The summed E-state index contributed by atoms with van der Waals surface area (Å²) < 4.78 is 34.6. The molecule has 0 saturated carbocycles. The van der Waals surface area contributed by atoms with Crippen LogP contribution in [-0.2, 0) is 9.53 Å². The van der Waals surface area contributed by atoms with Gasteiger partial charge in [0.1, 0.15) is 10.6 Å². The van der Waals surface area contributed by atoms with Gasteiger partial charge >= 0.3 is 12.6 Å². The van der Waals surface area contributed by atoms with Crippen LogP contribution >= 0.6 is 11.3 Å². The van der Waals surface area contributed by atoms with Crippen LogP contribution in [0.3, 0.4) is 0 Å². The van der Waals surface area contributed by atoms with Gasteiger partial charge in [-0.1, -0.05) is 59.9 Å². The molecule has 0 aliphatic carbocycles. The number of thiazole rings is 1. The number of rotatable bonds is 8. The first-order chi connectivity index (χ1) is 15.0. The minimum atomic E-state index is -2.98. The summed E-state index contributed by atoms with van der Waals surface area (Å²) in [4.78, 5) is 29.3. The average Bonchev–Trinajstić information content (AvgIpc) is 3.17. The number of esters is 1. The van der Waals surface area contributed by atoms with Crippen molar-refractivity contribution < 1.29 is 27.8 Å². The van der Waals surface area contributed by atoms with Crippen LogP contribution in [0.2, 0.25) is 0 Å². The molecule has 0 bridgehead atoms. The Labute approximate surface area is 181 Å². The first-order valence-electron chi connectivity index (χ1n) is 9.24. The molecule has 2 aromatic carbocycles. The van der Waals surface area contributed by atoms with Crippen molar-refractivity contribution in [3.63, 3.8) is 0 Å². The topological polar surface area (TPSA) is 77.5 Å². The fraction of sp³-hybridized carbons (Fsp3) is 0.136. The first-order valence-corrected chi connectivity index (χ1v) is 10.1. The summed E-state index contributed by atoms with van der Waals surface area (Å²) in [5.41, 5.74) is 1.42. The van der Waals surface area contributed by atoms with Crippen molar-refractivity contribution >= 4 is 34.4 Å². The molecule has 1 amide bonds. The van der Waals surface area contributed by atoms with Crippen molar-refractivity contribution in [1.29, 1.82) is 0 Å². The van der Waals surface area contributed by atoms with Crippen molar-refractivity contribution in [2.45, 2.75) is 13.5 Å². The van der Waals surface area contributed by atoms with E-state index in [0.29, 0.717) is 16.8 Å². The summed E-state index contributed by atoms with van der Waals surface area (Å²) in [7, 11) is 0. The van der Waals surface area contributed by atoms with Crippen molar-refractivity contribution in [3.8, 4) is 17.0 Å². The van der Waals surface area contributed by atoms with Crippen molar-refractivity contribution in [2.75, 3.05) is 11.9 Å². The number of carbonyl (C=O) groups excluding carboxylic acids is 2. The number of para-hydroxylation sites is 1. The normalized spacial score (nSPS) is 11.0. The number of nitrogens with one attached hydrogen (secondary N) is 1. The Balaban J connectivity index is 1.80. The molecule has 9 heteroatoms. The van der Waals surface area contributed by atoms with Gasteiger partial charge in [0.2, 0.25) is 5.91 Å². The summed E-state index contributed by atoms with van der Waals surface area (Å²) in [5, 5.41) is 2.79. The molecule has 0 radical (unpaired) electrons. The molecule has 0 atom stereocenters. The average molecular weight is 444 g/mol. The maximum Gasteiger partial charge on any atom is 0.387 e. The molecule has 3 rings (SSSR count). The molecule has 0 aliphatic rings. The van der Waals surface area contributed by atoms with E-state index in [4.69, 9.17) is 4.74 Å². The molecular formula is C22H18F2N2O4S. The molecule has 0 saturated heterocycles. The number of anilines is 1. The van der Waals surface area contributed by atoms with Crippen LogP contribution in [0.1, 0.15) is 22.2 Å². The van der Waals surface area contributed by atoms with E-state index >= 15 is 0 Å². The Morgan fingerprint density at radius 1 is 1.13 bits per heavy atom. The number of nitrogens with zero attached hydrogens (tertiary/aromatic N) is 1. The Bertz CT molecular complexity index is 1080. The number of benzene rings is 2. The lowest BCUT2D eigenvalue weighted by molar-refractivity contribution is -0.111. The number of halogens is 2. The van der Waals surface area contributed by atoms with Crippen LogP contribution in [-0.4, -0.2) is 30.1 Å². The maximum absolute atomic E-state index is 12.5. The SMILES string of the molecule is CCOC(=O)c1sc(NC(=O)/C=C/c2ccccc2OC(F)F)nc1-c1ccccc1. The molecule has 6 nitrogen and oxygen atoms in total. The highest BCUT2D eigenvalue weighted by atomic mass is 32.1. The zero-order valence-corrected chi connectivity index (χ0v) is 17.2. The highest BCUT2D eigenvalue weighted by Gasteiger charge is 2.21. The van der Waals surface area contributed by atoms with Gasteiger partial charge in [0.25, 0.3) is 0 Å². The summed E-state index contributed by atoms with van der Waals surface area (Å²) in [6, 6.07) is 15.1. The van der Waals surface area contributed by atoms with E-state index < -0.39 is 18.5 Å². The third-order valence-corrected chi connectivity index (χ3v) is 4.87. The van der Waals surface area contributed by atoms with E-state index in [1.54, 1.807) is 31.2 Å². The molecule has 0 fully saturated rings. The Kier molecular flexibility index (Phi) is 7.45. The van der Waals surface area contributed by atoms with E-state index in [1.165, 1.54) is 24.3 Å². The molecule has 1 N–H and O–H groups in total. The molecule has 31 heavy (non-hydrogen) atoms. The number of hydrogen-bond acceptors (Lipinski definition) is 6. The van der Waals surface area contributed by atoms with E-state index in [0.717, 1.165) is 11.3 Å². The number of aromatic nitrogens is 1. The third kappa shape index (κ3) is 5.95. The zero-order chi connectivity index (χ0) is 22.2. The van der Waals surface area contributed by atoms with E-state index in [1.807, 2.05) is 18.2 Å². The Hall–Kier alpha value is -3.59. The number of alkyl halides is 2.